The van der Waals surface area contributed by atoms with E-state index in [4.69, 9.17) is 10.5 Å². The van der Waals surface area contributed by atoms with Crippen molar-refractivity contribution in [2.45, 2.75) is 6.61 Å². The van der Waals surface area contributed by atoms with Gasteiger partial charge in [0, 0.05) is 17.8 Å². The second kappa shape index (κ2) is 6.48. The third kappa shape index (κ3) is 3.48. The van der Waals surface area contributed by atoms with Gasteiger partial charge in [-0.05, 0) is 23.3 Å². The molecule has 0 aliphatic rings. The molecule has 0 saturated carbocycles. The van der Waals surface area contributed by atoms with Crippen LogP contribution in [0.3, 0.4) is 0 Å². The minimum atomic E-state index is -0.682. The predicted molar refractivity (Wildman–Crippen MR) is 87.0 cm³/mol. The van der Waals surface area contributed by atoms with Gasteiger partial charge in [-0.15, -0.1) is 0 Å². The third-order valence-electron chi connectivity index (χ3n) is 3.44. The van der Waals surface area contributed by atoms with Crippen LogP contribution in [0.1, 0.15) is 5.56 Å². The number of ether oxygens (including phenoxy) is 1. The van der Waals surface area contributed by atoms with Crippen LogP contribution in [-0.2, 0) is 6.61 Å². The van der Waals surface area contributed by atoms with Crippen molar-refractivity contribution >= 4 is 5.69 Å². The van der Waals surface area contributed by atoms with Crippen molar-refractivity contribution in [1.29, 1.82) is 0 Å². The maximum absolute atomic E-state index is 14.3. The molecule has 116 valence electrons. The Hall–Kier alpha value is -2.88. The largest absolute Gasteiger partial charge is 0.489 e. The summed E-state index contributed by atoms with van der Waals surface area (Å²) in [6.07, 6.45) is 0. The van der Waals surface area contributed by atoms with Gasteiger partial charge >= 0.3 is 0 Å². The van der Waals surface area contributed by atoms with Gasteiger partial charge in [-0.2, -0.15) is 0 Å². The molecule has 0 radical (unpaired) electrons. The fourth-order valence-corrected chi connectivity index (χ4v) is 2.34. The Balaban J connectivity index is 1.86. The Labute approximate surface area is 133 Å². The Bertz CT molecular complexity index is 796. The Morgan fingerprint density at radius 1 is 0.826 bits per heavy atom. The van der Waals surface area contributed by atoms with E-state index in [0.29, 0.717) is 11.3 Å². The Morgan fingerprint density at radius 3 is 2.17 bits per heavy atom. The van der Waals surface area contributed by atoms with Crippen LogP contribution in [0.25, 0.3) is 11.1 Å². The molecule has 0 bridgehead atoms. The lowest BCUT2D eigenvalue weighted by atomic mass is 10.0. The predicted octanol–water partition coefficient (Wildman–Crippen LogP) is 4.79. The summed E-state index contributed by atoms with van der Waals surface area (Å²) < 4.78 is 34.1. The van der Waals surface area contributed by atoms with Crippen molar-refractivity contribution in [3.05, 3.63) is 83.9 Å². The molecule has 23 heavy (non-hydrogen) atoms. The molecule has 0 aromatic heterocycles. The van der Waals surface area contributed by atoms with Gasteiger partial charge in [-0.3, -0.25) is 0 Å². The van der Waals surface area contributed by atoms with Crippen LogP contribution in [0.15, 0.2) is 66.7 Å². The smallest absolute Gasteiger partial charge is 0.137 e. The van der Waals surface area contributed by atoms with E-state index in [1.165, 1.54) is 18.2 Å². The maximum atomic E-state index is 14.3. The molecule has 0 spiro atoms. The first kappa shape index (κ1) is 15.0. The molecule has 3 rings (SSSR count). The van der Waals surface area contributed by atoms with Crippen LogP contribution in [0.5, 0.6) is 5.75 Å². The van der Waals surface area contributed by atoms with Gasteiger partial charge in [0.1, 0.15) is 24.0 Å². The van der Waals surface area contributed by atoms with Crippen molar-refractivity contribution < 1.29 is 13.5 Å². The van der Waals surface area contributed by atoms with Crippen molar-refractivity contribution in [3.8, 4) is 16.9 Å². The topological polar surface area (TPSA) is 35.2 Å². The first-order valence-corrected chi connectivity index (χ1v) is 7.15. The molecule has 0 saturated heterocycles. The molecule has 0 atom stereocenters. The van der Waals surface area contributed by atoms with Crippen LogP contribution >= 0.6 is 0 Å². The number of hydrogen-bond donors (Lipinski definition) is 1. The van der Waals surface area contributed by atoms with E-state index in [9.17, 15) is 8.78 Å². The normalized spacial score (nSPS) is 10.5. The lowest BCUT2D eigenvalue weighted by Gasteiger charge is -2.10. The number of anilines is 1. The number of rotatable bonds is 4. The monoisotopic (exact) mass is 311 g/mol. The fraction of sp³-hybridized carbons (Fsp3) is 0.0526. The zero-order valence-corrected chi connectivity index (χ0v) is 12.3. The molecule has 0 heterocycles. The summed E-state index contributed by atoms with van der Waals surface area (Å²) in [5, 5.41) is 0. The number of nitrogen functional groups attached to an aromatic ring is 1. The first-order chi connectivity index (χ1) is 11.1. The summed E-state index contributed by atoms with van der Waals surface area (Å²) in [6, 6.07) is 18.2. The molecular weight excluding hydrogens is 296 g/mol. The van der Waals surface area contributed by atoms with Crippen molar-refractivity contribution in [3.63, 3.8) is 0 Å². The van der Waals surface area contributed by atoms with Crippen molar-refractivity contribution in [1.82, 2.24) is 0 Å². The SMILES string of the molecule is Nc1cccc(-c2c(F)cc(OCc3ccccc3)cc2F)c1. The minimum absolute atomic E-state index is 0.107. The van der Waals surface area contributed by atoms with Crippen LogP contribution in [-0.4, -0.2) is 0 Å². The van der Waals surface area contributed by atoms with Gasteiger partial charge in [0.15, 0.2) is 0 Å². The number of hydrogen-bond acceptors (Lipinski definition) is 2. The summed E-state index contributed by atoms with van der Waals surface area (Å²) in [5.41, 5.74) is 7.33. The highest BCUT2D eigenvalue weighted by molar-refractivity contribution is 5.69. The lowest BCUT2D eigenvalue weighted by molar-refractivity contribution is 0.303. The Kier molecular flexibility index (Phi) is 4.24. The van der Waals surface area contributed by atoms with E-state index in [1.54, 1.807) is 18.2 Å². The Morgan fingerprint density at radius 2 is 1.52 bits per heavy atom. The molecular formula is C19H15F2NO. The highest BCUT2D eigenvalue weighted by atomic mass is 19.1. The van der Waals surface area contributed by atoms with E-state index < -0.39 is 11.6 Å². The molecule has 2 nitrogen and oxygen atoms in total. The molecule has 0 unspecified atom stereocenters. The van der Waals surface area contributed by atoms with Gasteiger partial charge in [-0.1, -0.05) is 42.5 Å². The van der Waals surface area contributed by atoms with Gasteiger partial charge in [0.05, 0.1) is 5.56 Å². The van der Waals surface area contributed by atoms with E-state index >= 15 is 0 Å². The van der Waals surface area contributed by atoms with Gasteiger partial charge in [-0.25, -0.2) is 8.78 Å². The molecule has 2 N–H and O–H groups in total. The van der Waals surface area contributed by atoms with E-state index in [0.717, 1.165) is 5.56 Å². The van der Waals surface area contributed by atoms with Crippen LogP contribution < -0.4 is 10.5 Å². The number of benzene rings is 3. The van der Waals surface area contributed by atoms with E-state index in [-0.39, 0.29) is 17.9 Å². The van der Waals surface area contributed by atoms with Crippen molar-refractivity contribution in [2.24, 2.45) is 0 Å². The van der Waals surface area contributed by atoms with Crippen molar-refractivity contribution in [2.75, 3.05) is 5.73 Å². The lowest BCUT2D eigenvalue weighted by Crippen LogP contribution is -1.98. The van der Waals surface area contributed by atoms with E-state index in [2.05, 4.69) is 0 Å². The molecule has 0 amide bonds. The standard InChI is InChI=1S/C19H15F2NO/c20-17-10-16(23-12-13-5-2-1-3-6-13)11-18(21)19(17)14-7-4-8-15(22)9-14/h1-11H,12,22H2. The quantitative estimate of drug-likeness (QED) is 0.703. The third-order valence-corrected chi connectivity index (χ3v) is 3.44. The summed E-state index contributed by atoms with van der Waals surface area (Å²) >= 11 is 0. The summed E-state index contributed by atoms with van der Waals surface area (Å²) in [5.74, 6) is -1.21. The number of halogens is 2. The van der Waals surface area contributed by atoms with E-state index in [1.807, 2.05) is 30.3 Å². The zero-order valence-electron chi connectivity index (χ0n) is 12.3. The highest BCUT2D eigenvalue weighted by Gasteiger charge is 2.14. The zero-order chi connectivity index (χ0) is 16.2. The minimum Gasteiger partial charge on any atom is -0.489 e. The molecule has 3 aromatic rings. The molecule has 0 aliphatic heterocycles. The first-order valence-electron chi connectivity index (χ1n) is 7.15. The molecule has 3 aromatic carbocycles. The van der Waals surface area contributed by atoms with Crippen LogP contribution in [0.4, 0.5) is 14.5 Å². The highest BCUT2D eigenvalue weighted by Crippen LogP contribution is 2.31. The second-order valence-electron chi connectivity index (χ2n) is 5.16. The molecule has 0 aliphatic carbocycles. The van der Waals surface area contributed by atoms with Gasteiger partial charge < -0.3 is 10.5 Å². The maximum Gasteiger partial charge on any atom is 0.137 e. The fourth-order valence-electron chi connectivity index (χ4n) is 2.34. The molecule has 0 fully saturated rings. The summed E-state index contributed by atoms with van der Waals surface area (Å²) in [7, 11) is 0. The van der Waals surface area contributed by atoms with Crippen LogP contribution in [0, 0.1) is 11.6 Å². The average molecular weight is 311 g/mol. The van der Waals surface area contributed by atoms with Gasteiger partial charge in [0.2, 0.25) is 0 Å². The summed E-state index contributed by atoms with van der Waals surface area (Å²) in [4.78, 5) is 0. The second-order valence-corrected chi connectivity index (χ2v) is 5.16. The summed E-state index contributed by atoms with van der Waals surface area (Å²) in [6.45, 7) is 0.247. The van der Waals surface area contributed by atoms with Crippen LogP contribution in [0.2, 0.25) is 0 Å². The van der Waals surface area contributed by atoms with Gasteiger partial charge in [0.25, 0.3) is 0 Å². The number of nitrogens with two attached hydrogens (primary N) is 1. The molecule has 4 heteroatoms. The average Bonchev–Trinajstić information content (AvgIpc) is 2.53.